The van der Waals surface area contributed by atoms with Crippen LogP contribution in [-0.4, -0.2) is 54.6 Å². The molecular weight excluding hydrogens is 222 g/mol. The van der Waals surface area contributed by atoms with E-state index in [1.807, 2.05) is 0 Å². The smallest absolute Gasteiger partial charge is 0.0467 e. The maximum absolute atomic E-state index is 6.14. The van der Waals surface area contributed by atoms with Gasteiger partial charge >= 0.3 is 0 Å². The molecule has 18 heavy (non-hydrogen) atoms. The van der Waals surface area contributed by atoms with Crippen molar-refractivity contribution in [3.8, 4) is 0 Å². The summed E-state index contributed by atoms with van der Waals surface area (Å²) >= 11 is 0. The largest absolute Gasteiger partial charge is 0.329 e. The van der Waals surface area contributed by atoms with Crippen molar-refractivity contribution in [3.05, 3.63) is 0 Å². The van der Waals surface area contributed by atoms with E-state index >= 15 is 0 Å². The minimum absolute atomic E-state index is 0.243. The van der Waals surface area contributed by atoms with Crippen LogP contribution >= 0.6 is 0 Å². The number of nitrogens with two attached hydrogens (primary N) is 1. The lowest BCUT2D eigenvalue weighted by molar-refractivity contribution is 0.105. The van der Waals surface area contributed by atoms with E-state index in [2.05, 4.69) is 30.7 Å². The van der Waals surface area contributed by atoms with Crippen LogP contribution in [0.5, 0.6) is 0 Å². The predicted molar refractivity (Wildman–Crippen MR) is 77.7 cm³/mol. The molecular formula is C15H31N3. The molecule has 1 aliphatic carbocycles. The first kappa shape index (κ1) is 14.3. The lowest BCUT2D eigenvalue weighted by atomic mass is 9.94. The van der Waals surface area contributed by atoms with Gasteiger partial charge < -0.3 is 5.73 Å². The van der Waals surface area contributed by atoms with Gasteiger partial charge in [0.05, 0.1) is 0 Å². The van der Waals surface area contributed by atoms with E-state index in [0.717, 1.165) is 19.0 Å². The van der Waals surface area contributed by atoms with Gasteiger partial charge in [-0.2, -0.15) is 0 Å². The number of likely N-dealkylation sites (tertiary alicyclic amines) is 1. The van der Waals surface area contributed by atoms with Crippen molar-refractivity contribution in [2.24, 2.45) is 11.7 Å². The third-order valence-corrected chi connectivity index (χ3v) is 5.29. The van der Waals surface area contributed by atoms with E-state index in [1.165, 1.54) is 45.2 Å². The maximum atomic E-state index is 6.14. The van der Waals surface area contributed by atoms with Gasteiger partial charge in [0.2, 0.25) is 0 Å². The van der Waals surface area contributed by atoms with Crippen molar-refractivity contribution in [1.82, 2.24) is 9.80 Å². The van der Waals surface area contributed by atoms with Gasteiger partial charge in [-0.05, 0) is 46.1 Å². The predicted octanol–water partition coefficient (Wildman–Crippen LogP) is 1.92. The highest BCUT2D eigenvalue weighted by molar-refractivity contribution is 5.00. The molecule has 3 heteroatoms. The topological polar surface area (TPSA) is 32.5 Å². The van der Waals surface area contributed by atoms with Crippen molar-refractivity contribution in [2.75, 3.05) is 33.2 Å². The summed E-state index contributed by atoms with van der Waals surface area (Å²) in [5.74, 6) is 0.923. The standard InChI is InChI=1S/C15H31N3/c1-13(2)18-9-8-15(11-16,12-18)17(3)10-14-6-4-5-7-14/h13-14H,4-12,16H2,1-3H3. The zero-order valence-corrected chi connectivity index (χ0v) is 12.5. The number of rotatable bonds is 5. The summed E-state index contributed by atoms with van der Waals surface area (Å²) in [5, 5.41) is 0. The Morgan fingerprint density at radius 3 is 2.50 bits per heavy atom. The van der Waals surface area contributed by atoms with E-state index in [0.29, 0.717) is 6.04 Å². The normalized spacial score (nSPS) is 31.0. The molecule has 3 nitrogen and oxygen atoms in total. The van der Waals surface area contributed by atoms with Crippen LogP contribution in [0.25, 0.3) is 0 Å². The summed E-state index contributed by atoms with van der Waals surface area (Å²) in [5.41, 5.74) is 6.38. The summed E-state index contributed by atoms with van der Waals surface area (Å²) in [6.07, 6.45) is 6.97. The van der Waals surface area contributed by atoms with Crippen LogP contribution in [-0.2, 0) is 0 Å². The van der Waals surface area contributed by atoms with Crippen molar-refractivity contribution >= 4 is 0 Å². The van der Waals surface area contributed by atoms with Crippen molar-refractivity contribution in [1.29, 1.82) is 0 Å². The Bertz CT molecular complexity index is 260. The molecule has 1 unspecified atom stereocenters. The molecule has 0 amide bonds. The molecule has 1 saturated heterocycles. The molecule has 0 aromatic rings. The van der Waals surface area contributed by atoms with Gasteiger partial charge in [0.25, 0.3) is 0 Å². The molecule has 0 aromatic heterocycles. The average Bonchev–Trinajstić information content (AvgIpc) is 2.97. The monoisotopic (exact) mass is 253 g/mol. The Labute approximate surface area is 113 Å². The van der Waals surface area contributed by atoms with Crippen LogP contribution in [0.4, 0.5) is 0 Å². The van der Waals surface area contributed by atoms with E-state index < -0.39 is 0 Å². The number of nitrogens with zero attached hydrogens (tertiary/aromatic N) is 2. The van der Waals surface area contributed by atoms with E-state index in [9.17, 15) is 0 Å². The summed E-state index contributed by atoms with van der Waals surface area (Å²) < 4.78 is 0. The number of likely N-dealkylation sites (N-methyl/N-ethyl adjacent to an activating group) is 1. The van der Waals surface area contributed by atoms with Crippen molar-refractivity contribution in [3.63, 3.8) is 0 Å². The Hall–Kier alpha value is -0.120. The summed E-state index contributed by atoms with van der Waals surface area (Å²) in [7, 11) is 2.30. The first-order valence-electron chi connectivity index (χ1n) is 7.73. The third kappa shape index (κ3) is 2.89. The molecule has 2 N–H and O–H groups in total. The highest BCUT2D eigenvalue weighted by Crippen LogP contribution is 2.31. The summed E-state index contributed by atoms with van der Waals surface area (Å²) in [6.45, 7) is 9.02. The second-order valence-corrected chi connectivity index (χ2v) is 6.77. The second-order valence-electron chi connectivity index (χ2n) is 6.77. The fourth-order valence-electron chi connectivity index (χ4n) is 3.74. The number of hydrogen-bond donors (Lipinski definition) is 1. The molecule has 1 heterocycles. The van der Waals surface area contributed by atoms with Crippen LogP contribution < -0.4 is 5.73 Å². The van der Waals surface area contributed by atoms with Gasteiger partial charge in [0, 0.05) is 37.8 Å². The highest BCUT2D eigenvalue weighted by atomic mass is 15.3. The van der Waals surface area contributed by atoms with Gasteiger partial charge in [-0.3, -0.25) is 9.80 Å². The van der Waals surface area contributed by atoms with E-state index in [1.54, 1.807) is 0 Å². The minimum Gasteiger partial charge on any atom is -0.329 e. The minimum atomic E-state index is 0.243. The van der Waals surface area contributed by atoms with Gasteiger partial charge in [0.1, 0.15) is 0 Å². The van der Waals surface area contributed by atoms with Crippen LogP contribution in [0.1, 0.15) is 46.0 Å². The molecule has 0 bridgehead atoms. The fourth-order valence-corrected chi connectivity index (χ4v) is 3.74. The first-order valence-corrected chi connectivity index (χ1v) is 7.73. The molecule has 2 rings (SSSR count). The summed E-state index contributed by atoms with van der Waals surface area (Å²) in [6, 6.07) is 0.651. The van der Waals surface area contributed by atoms with Crippen LogP contribution in [0.15, 0.2) is 0 Å². The highest BCUT2D eigenvalue weighted by Gasteiger charge is 2.41. The Balaban J connectivity index is 1.94. The molecule has 2 fully saturated rings. The van der Waals surface area contributed by atoms with Crippen LogP contribution in [0.3, 0.4) is 0 Å². The molecule has 0 radical (unpaired) electrons. The average molecular weight is 253 g/mol. The first-order chi connectivity index (χ1) is 8.57. The SMILES string of the molecule is CC(C)N1CCC(CN)(N(C)CC2CCCC2)C1. The second kappa shape index (κ2) is 5.89. The summed E-state index contributed by atoms with van der Waals surface area (Å²) in [4.78, 5) is 5.17. The lowest BCUT2D eigenvalue weighted by Crippen LogP contribution is -2.55. The zero-order valence-electron chi connectivity index (χ0n) is 12.5. The van der Waals surface area contributed by atoms with E-state index in [-0.39, 0.29) is 5.54 Å². The van der Waals surface area contributed by atoms with Crippen molar-refractivity contribution in [2.45, 2.75) is 57.5 Å². The van der Waals surface area contributed by atoms with Crippen LogP contribution in [0.2, 0.25) is 0 Å². The Morgan fingerprint density at radius 2 is 2.00 bits per heavy atom. The lowest BCUT2D eigenvalue weighted by Gasteiger charge is -2.40. The van der Waals surface area contributed by atoms with E-state index in [4.69, 9.17) is 5.73 Å². The molecule has 0 spiro atoms. The molecule has 1 aliphatic heterocycles. The van der Waals surface area contributed by atoms with Gasteiger partial charge in [-0.25, -0.2) is 0 Å². The molecule has 1 atom stereocenters. The molecule has 106 valence electrons. The Morgan fingerprint density at radius 1 is 1.33 bits per heavy atom. The quantitative estimate of drug-likeness (QED) is 0.812. The fraction of sp³-hybridized carbons (Fsp3) is 1.00. The molecule has 2 aliphatic rings. The van der Waals surface area contributed by atoms with Gasteiger partial charge in [0.15, 0.2) is 0 Å². The molecule has 1 saturated carbocycles. The van der Waals surface area contributed by atoms with Crippen molar-refractivity contribution < 1.29 is 0 Å². The third-order valence-electron chi connectivity index (χ3n) is 5.29. The number of hydrogen-bond acceptors (Lipinski definition) is 3. The Kier molecular flexibility index (Phi) is 4.68. The van der Waals surface area contributed by atoms with Gasteiger partial charge in [-0.15, -0.1) is 0 Å². The molecule has 0 aromatic carbocycles. The zero-order chi connectivity index (χ0) is 13.2. The van der Waals surface area contributed by atoms with Crippen LogP contribution in [0, 0.1) is 5.92 Å². The maximum Gasteiger partial charge on any atom is 0.0467 e. The van der Waals surface area contributed by atoms with Gasteiger partial charge in [-0.1, -0.05) is 12.8 Å².